The maximum Gasteiger partial charge on any atom is 0.303 e. The molecule has 0 aromatic rings. The predicted octanol–water partition coefficient (Wildman–Crippen LogP) is 4.73. The summed E-state index contributed by atoms with van der Waals surface area (Å²) in [7, 11) is 0. The Balaban J connectivity index is 2.17. The quantitative estimate of drug-likeness (QED) is 0.448. The van der Waals surface area contributed by atoms with Crippen molar-refractivity contribution >= 4 is 11.8 Å². The van der Waals surface area contributed by atoms with Gasteiger partial charge in [-0.1, -0.05) is 45.4 Å². The number of aliphatic hydroxyl groups excluding tert-OH is 1. The molecule has 1 rings (SSSR count). The third-order valence-electron chi connectivity index (χ3n) is 5.40. The predicted molar refractivity (Wildman–Crippen MR) is 95.9 cm³/mol. The summed E-state index contributed by atoms with van der Waals surface area (Å²) in [5.74, 6) is 0.436. The van der Waals surface area contributed by atoms with Crippen LogP contribution in [0.3, 0.4) is 0 Å². The van der Waals surface area contributed by atoms with E-state index in [1.807, 2.05) is 0 Å². The molecule has 4 heteroatoms. The van der Waals surface area contributed by atoms with Crippen molar-refractivity contribution in [2.45, 2.75) is 103 Å². The molecular weight excluding hydrogens is 304 g/mol. The van der Waals surface area contributed by atoms with E-state index in [0.29, 0.717) is 11.7 Å². The fourth-order valence-corrected chi connectivity index (χ4v) is 3.91. The summed E-state index contributed by atoms with van der Waals surface area (Å²) in [6, 6.07) is 0. The maximum atomic E-state index is 12.1. The monoisotopic (exact) mass is 340 g/mol. The van der Waals surface area contributed by atoms with Gasteiger partial charge in [0, 0.05) is 18.8 Å². The Morgan fingerprint density at radius 2 is 1.79 bits per heavy atom. The van der Waals surface area contributed by atoms with E-state index >= 15 is 0 Å². The van der Waals surface area contributed by atoms with Crippen LogP contribution in [-0.2, 0) is 9.59 Å². The van der Waals surface area contributed by atoms with Crippen molar-refractivity contribution < 1.29 is 19.8 Å². The Labute approximate surface area is 147 Å². The van der Waals surface area contributed by atoms with E-state index in [2.05, 4.69) is 6.92 Å². The standard InChI is InChI=1S/C20H36O4/c1-2-3-10-17(21)11-8-9-16-14-15-19(22)18(16)12-6-4-5-7-13-20(23)24/h16-18,21H,2-15H2,1H3,(H,23,24)/t16-,17?,18+/m0/s1. The van der Waals surface area contributed by atoms with Gasteiger partial charge in [0.1, 0.15) is 5.78 Å². The van der Waals surface area contributed by atoms with Gasteiger partial charge in [-0.15, -0.1) is 0 Å². The number of carboxylic acid groups (broad SMARTS) is 1. The lowest BCUT2D eigenvalue weighted by atomic mass is 9.86. The lowest BCUT2D eigenvalue weighted by Gasteiger charge is -2.19. The second-order valence-corrected chi connectivity index (χ2v) is 7.45. The van der Waals surface area contributed by atoms with Crippen LogP contribution in [0.25, 0.3) is 0 Å². The largest absolute Gasteiger partial charge is 0.481 e. The second-order valence-electron chi connectivity index (χ2n) is 7.45. The van der Waals surface area contributed by atoms with Crippen LogP contribution in [0.1, 0.15) is 96.8 Å². The highest BCUT2D eigenvalue weighted by molar-refractivity contribution is 5.83. The molecule has 0 saturated heterocycles. The van der Waals surface area contributed by atoms with Crippen molar-refractivity contribution in [2.75, 3.05) is 0 Å². The zero-order valence-corrected chi connectivity index (χ0v) is 15.3. The first kappa shape index (κ1) is 21.1. The van der Waals surface area contributed by atoms with E-state index in [0.717, 1.165) is 83.5 Å². The topological polar surface area (TPSA) is 74.6 Å². The second kappa shape index (κ2) is 12.5. The maximum absolute atomic E-state index is 12.1. The van der Waals surface area contributed by atoms with Gasteiger partial charge in [0.15, 0.2) is 0 Å². The van der Waals surface area contributed by atoms with Crippen molar-refractivity contribution in [3.05, 3.63) is 0 Å². The van der Waals surface area contributed by atoms with Gasteiger partial charge in [0.2, 0.25) is 0 Å². The van der Waals surface area contributed by atoms with E-state index in [9.17, 15) is 14.7 Å². The molecule has 0 aromatic heterocycles. The van der Waals surface area contributed by atoms with E-state index < -0.39 is 5.97 Å². The van der Waals surface area contributed by atoms with Gasteiger partial charge in [0.05, 0.1) is 6.10 Å². The molecule has 0 aromatic carbocycles. The van der Waals surface area contributed by atoms with Crippen LogP contribution in [0.15, 0.2) is 0 Å². The summed E-state index contributed by atoms with van der Waals surface area (Å²) in [5.41, 5.74) is 0. The summed E-state index contributed by atoms with van der Waals surface area (Å²) in [5, 5.41) is 18.5. The first-order chi connectivity index (χ1) is 11.5. The number of aliphatic carboxylic acids is 1. The molecule has 1 unspecified atom stereocenters. The molecule has 1 aliphatic rings. The third kappa shape index (κ3) is 8.81. The number of carbonyl (C=O) groups excluding carboxylic acids is 1. The molecule has 0 aliphatic heterocycles. The zero-order chi connectivity index (χ0) is 17.8. The van der Waals surface area contributed by atoms with E-state index in [4.69, 9.17) is 5.11 Å². The molecule has 1 fully saturated rings. The highest BCUT2D eigenvalue weighted by atomic mass is 16.4. The van der Waals surface area contributed by atoms with Crippen LogP contribution in [0.4, 0.5) is 0 Å². The minimum Gasteiger partial charge on any atom is -0.481 e. The number of unbranched alkanes of at least 4 members (excludes halogenated alkanes) is 4. The lowest BCUT2D eigenvalue weighted by molar-refractivity contribution is -0.137. The fraction of sp³-hybridized carbons (Fsp3) is 0.900. The van der Waals surface area contributed by atoms with Crippen LogP contribution in [-0.4, -0.2) is 28.1 Å². The number of Topliss-reactive ketones (excluding diaryl/α,β-unsaturated/α-hetero) is 1. The zero-order valence-electron chi connectivity index (χ0n) is 15.3. The van der Waals surface area contributed by atoms with Crippen LogP contribution >= 0.6 is 0 Å². The summed E-state index contributed by atoms with van der Waals surface area (Å²) < 4.78 is 0. The van der Waals surface area contributed by atoms with E-state index in [-0.39, 0.29) is 18.4 Å². The highest BCUT2D eigenvalue weighted by Gasteiger charge is 2.33. The molecule has 0 radical (unpaired) electrons. The van der Waals surface area contributed by atoms with Crippen molar-refractivity contribution in [1.29, 1.82) is 0 Å². The number of hydrogen-bond donors (Lipinski definition) is 2. The number of carboxylic acids is 1. The number of aliphatic hydroxyl groups is 1. The Bertz CT molecular complexity index is 367. The van der Waals surface area contributed by atoms with Gasteiger partial charge in [0.25, 0.3) is 0 Å². The number of carbonyl (C=O) groups is 2. The SMILES string of the molecule is CCCCC(O)CCC[C@H]1CCC(=O)[C@@H]1CCCCCCC(=O)O. The van der Waals surface area contributed by atoms with Gasteiger partial charge in [-0.2, -0.15) is 0 Å². The molecule has 3 atom stereocenters. The van der Waals surface area contributed by atoms with Crippen LogP contribution in [0, 0.1) is 11.8 Å². The Morgan fingerprint density at radius 1 is 1.08 bits per heavy atom. The van der Waals surface area contributed by atoms with Gasteiger partial charge < -0.3 is 10.2 Å². The van der Waals surface area contributed by atoms with Crippen molar-refractivity contribution in [1.82, 2.24) is 0 Å². The minimum atomic E-state index is -0.720. The molecule has 24 heavy (non-hydrogen) atoms. The normalized spacial score (nSPS) is 22.0. The van der Waals surface area contributed by atoms with E-state index in [1.165, 1.54) is 0 Å². The van der Waals surface area contributed by atoms with Crippen molar-refractivity contribution in [2.24, 2.45) is 11.8 Å². The molecule has 1 aliphatic carbocycles. The van der Waals surface area contributed by atoms with Gasteiger partial charge in [-0.05, 0) is 44.4 Å². The molecule has 1 saturated carbocycles. The molecular formula is C20H36O4. The average Bonchev–Trinajstić information content (AvgIpc) is 2.89. The van der Waals surface area contributed by atoms with Gasteiger partial charge in [-0.25, -0.2) is 0 Å². The average molecular weight is 341 g/mol. The Kier molecular flexibility index (Phi) is 11.0. The van der Waals surface area contributed by atoms with Crippen LogP contribution < -0.4 is 0 Å². The summed E-state index contributed by atoms with van der Waals surface area (Å²) in [6.45, 7) is 2.14. The molecule has 4 nitrogen and oxygen atoms in total. The first-order valence-corrected chi connectivity index (χ1v) is 9.97. The van der Waals surface area contributed by atoms with Gasteiger partial charge in [-0.3, -0.25) is 9.59 Å². The highest BCUT2D eigenvalue weighted by Crippen LogP contribution is 2.36. The Hall–Kier alpha value is -0.900. The Morgan fingerprint density at radius 3 is 2.50 bits per heavy atom. The third-order valence-corrected chi connectivity index (χ3v) is 5.40. The van der Waals surface area contributed by atoms with Crippen molar-refractivity contribution in [3.8, 4) is 0 Å². The number of ketones is 1. The number of rotatable bonds is 14. The summed E-state index contributed by atoms with van der Waals surface area (Å²) in [4.78, 5) is 22.6. The van der Waals surface area contributed by atoms with E-state index in [1.54, 1.807) is 0 Å². The van der Waals surface area contributed by atoms with Gasteiger partial charge >= 0.3 is 5.97 Å². The molecule has 140 valence electrons. The lowest BCUT2D eigenvalue weighted by Crippen LogP contribution is -2.16. The van der Waals surface area contributed by atoms with Crippen molar-refractivity contribution in [3.63, 3.8) is 0 Å². The molecule has 0 heterocycles. The molecule has 0 amide bonds. The molecule has 0 bridgehead atoms. The van der Waals surface area contributed by atoms with Crippen LogP contribution in [0.5, 0.6) is 0 Å². The smallest absolute Gasteiger partial charge is 0.303 e. The van der Waals surface area contributed by atoms with Crippen LogP contribution in [0.2, 0.25) is 0 Å². The summed E-state index contributed by atoms with van der Waals surface area (Å²) in [6.07, 6.45) is 12.6. The molecule has 2 N–H and O–H groups in total. The first-order valence-electron chi connectivity index (χ1n) is 9.97. The number of hydrogen-bond acceptors (Lipinski definition) is 3. The molecule has 0 spiro atoms. The minimum absolute atomic E-state index is 0.172. The fourth-order valence-electron chi connectivity index (χ4n) is 3.91. The summed E-state index contributed by atoms with van der Waals surface area (Å²) >= 11 is 0.